The quantitative estimate of drug-likeness (QED) is 0.264. The van der Waals surface area contributed by atoms with Crippen LogP contribution in [0.5, 0.6) is 5.75 Å². The van der Waals surface area contributed by atoms with Crippen molar-refractivity contribution < 1.29 is 14.3 Å². The Kier molecular flexibility index (Phi) is 8.44. The second-order valence-corrected chi connectivity index (χ2v) is 10.6. The van der Waals surface area contributed by atoms with E-state index in [1.165, 1.54) is 5.56 Å². The predicted octanol–water partition coefficient (Wildman–Crippen LogP) is 6.43. The number of likely N-dealkylation sites (N-methyl/N-ethyl adjacent to an activating group) is 1. The van der Waals surface area contributed by atoms with Crippen molar-refractivity contribution in [1.82, 2.24) is 15.2 Å². The number of hydrogen-bond donors (Lipinski definition) is 2. The second-order valence-electron chi connectivity index (χ2n) is 10.6. The summed E-state index contributed by atoms with van der Waals surface area (Å²) in [5, 5.41) is 6.85. The molecule has 0 fully saturated rings. The highest BCUT2D eigenvalue weighted by atomic mass is 16.5. The van der Waals surface area contributed by atoms with Crippen LogP contribution in [0.2, 0.25) is 0 Å². The highest BCUT2D eigenvalue weighted by Crippen LogP contribution is 2.28. The van der Waals surface area contributed by atoms with E-state index in [-0.39, 0.29) is 17.9 Å². The minimum atomic E-state index is -0.576. The first-order chi connectivity index (χ1) is 18.6. The molecule has 2 N–H and O–H groups in total. The van der Waals surface area contributed by atoms with E-state index in [0.717, 1.165) is 33.3 Å². The maximum atomic E-state index is 13.2. The summed E-state index contributed by atoms with van der Waals surface area (Å²) in [5.74, 6) is 0.842. The first kappa shape index (κ1) is 28.0. The smallest absolute Gasteiger partial charge is 0.260 e. The Labute approximate surface area is 231 Å². The molecule has 0 radical (unpaired) electrons. The van der Waals surface area contributed by atoms with Gasteiger partial charge in [0, 0.05) is 35.8 Å². The molecular weight excluding hydrogens is 486 g/mol. The molecule has 2 amide bonds. The number of carbonyl (C=O) groups excluding carboxylic acids is 2. The van der Waals surface area contributed by atoms with Crippen LogP contribution in [0.3, 0.4) is 0 Å². The zero-order valence-electron chi connectivity index (χ0n) is 24.0. The van der Waals surface area contributed by atoms with E-state index in [0.29, 0.717) is 23.8 Å². The number of nitrogens with one attached hydrogen (secondary N) is 2. The van der Waals surface area contributed by atoms with Crippen molar-refractivity contribution >= 4 is 22.7 Å². The van der Waals surface area contributed by atoms with Crippen molar-refractivity contribution in [3.8, 4) is 5.75 Å². The van der Waals surface area contributed by atoms with Gasteiger partial charge in [-0.3, -0.25) is 9.59 Å². The molecule has 1 aromatic heterocycles. The number of aryl methyl sites for hydroxylation is 1. The van der Waals surface area contributed by atoms with Crippen LogP contribution in [0.4, 0.5) is 0 Å². The van der Waals surface area contributed by atoms with Crippen molar-refractivity contribution in [2.45, 2.75) is 66.2 Å². The van der Waals surface area contributed by atoms with Gasteiger partial charge in [0.25, 0.3) is 11.8 Å². The third-order valence-corrected chi connectivity index (χ3v) is 7.49. The Morgan fingerprint density at radius 2 is 1.62 bits per heavy atom. The molecule has 3 aromatic carbocycles. The standard InChI is InChI=1S/C33H39N3O3/c1-20(2)26-11-9-12-27(17-26)22(4)35-33(38)28-14-15-31-30(18-28)21(3)23(5)36(31)19-25-10-8-13-29(16-25)39-24(6)32(37)34-7/h8-18,20,22,24H,19H2,1-7H3,(H,34,37)(H,35,38). The summed E-state index contributed by atoms with van der Waals surface area (Å²) < 4.78 is 8.08. The van der Waals surface area contributed by atoms with Gasteiger partial charge in [0.15, 0.2) is 6.10 Å². The van der Waals surface area contributed by atoms with Crippen LogP contribution in [0.15, 0.2) is 66.7 Å². The summed E-state index contributed by atoms with van der Waals surface area (Å²) in [6.07, 6.45) is -0.576. The fourth-order valence-corrected chi connectivity index (χ4v) is 4.91. The van der Waals surface area contributed by atoms with E-state index in [2.05, 4.69) is 73.2 Å². The molecule has 1 heterocycles. The van der Waals surface area contributed by atoms with Crippen LogP contribution >= 0.6 is 0 Å². The largest absolute Gasteiger partial charge is 0.481 e. The van der Waals surface area contributed by atoms with Crippen molar-refractivity contribution in [2.24, 2.45) is 0 Å². The van der Waals surface area contributed by atoms with Gasteiger partial charge in [-0.1, -0.05) is 50.2 Å². The summed E-state index contributed by atoms with van der Waals surface area (Å²) in [6, 6.07) is 22.1. The Morgan fingerprint density at radius 1 is 0.897 bits per heavy atom. The van der Waals surface area contributed by atoms with Gasteiger partial charge in [0.2, 0.25) is 0 Å². The maximum Gasteiger partial charge on any atom is 0.260 e. The van der Waals surface area contributed by atoms with E-state index in [9.17, 15) is 9.59 Å². The number of fused-ring (bicyclic) bond motifs is 1. The number of carbonyl (C=O) groups is 2. The fourth-order valence-electron chi connectivity index (χ4n) is 4.91. The van der Waals surface area contributed by atoms with Gasteiger partial charge in [0.1, 0.15) is 5.75 Å². The molecule has 0 bridgehead atoms. The molecule has 0 aliphatic heterocycles. The molecule has 4 aromatic rings. The number of nitrogens with zero attached hydrogens (tertiary/aromatic N) is 1. The third kappa shape index (κ3) is 6.17. The molecule has 0 saturated heterocycles. The van der Waals surface area contributed by atoms with Gasteiger partial charge in [-0.15, -0.1) is 0 Å². The Balaban J connectivity index is 1.55. The van der Waals surface area contributed by atoms with Gasteiger partial charge >= 0.3 is 0 Å². The van der Waals surface area contributed by atoms with Crippen molar-refractivity contribution in [1.29, 1.82) is 0 Å². The third-order valence-electron chi connectivity index (χ3n) is 7.49. The number of rotatable bonds is 9. The number of aromatic nitrogens is 1. The lowest BCUT2D eigenvalue weighted by atomic mass is 9.98. The van der Waals surface area contributed by atoms with Gasteiger partial charge in [-0.05, 0) is 86.2 Å². The van der Waals surface area contributed by atoms with Crippen LogP contribution in [0.1, 0.15) is 78.0 Å². The minimum absolute atomic E-state index is 0.0840. The lowest BCUT2D eigenvalue weighted by Gasteiger charge is -2.17. The Hall–Kier alpha value is -4.06. The zero-order valence-corrected chi connectivity index (χ0v) is 24.0. The van der Waals surface area contributed by atoms with E-state index in [4.69, 9.17) is 4.74 Å². The lowest BCUT2D eigenvalue weighted by Crippen LogP contribution is -2.33. The van der Waals surface area contributed by atoms with E-state index in [1.807, 2.05) is 43.3 Å². The van der Waals surface area contributed by atoms with E-state index >= 15 is 0 Å². The summed E-state index contributed by atoms with van der Waals surface area (Å²) in [6.45, 7) is 13.0. The molecule has 0 aliphatic carbocycles. The normalized spacial score (nSPS) is 12.8. The average Bonchev–Trinajstić information content (AvgIpc) is 3.16. The predicted molar refractivity (Wildman–Crippen MR) is 158 cm³/mol. The summed E-state index contributed by atoms with van der Waals surface area (Å²) in [5.41, 5.74) is 7.45. The summed E-state index contributed by atoms with van der Waals surface area (Å²) in [7, 11) is 1.60. The van der Waals surface area contributed by atoms with Gasteiger partial charge in [-0.2, -0.15) is 0 Å². The molecule has 6 nitrogen and oxygen atoms in total. The maximum absolute atomic E-state index is 13.2. The van der Waals surface area contributed by atoms with Crippen molar-refractivity contribution in [3.63, 3.8) is 0 Å². The number of amides is 2. The molecule has 0 saturated carbocycles. The van der Waals surface area contributed by atoms with Crippen LogP contribution in [0.25, 0.3) is 10.9 Å². The van der Waals surface area contributed by atoms with Crippen LogP contribution in [-0.2, 0) is 11.3 Å². The Morgan fingerprint density at radius 3 is 2.33 bits per heavy atom. The SMILES string of the molecule is CNC(=O)C(C)Oc1cccc(Cn2c(C)c(C)c3cc(C(=O)NC(C)c4cccc(C(C)C)c4)ccc32)c1. The summed E-state index contributed by atoms with van der Waals surface area (Å²) in [4.78, 5) is 25.1. The first-order valence-corrected chi connectivity index (χ1v) is 13.6. The van der Waals surface area contributed by atoms with Gasteiger partial charge in [0.05, 0.1) is 6.04 Å². The van der Waals surface area contributed by atoms with Crippen LogP contribution in [-0.4, -0.2) is 29.5 Å². The molecule has 4 rings (SSSR count). The number of ether oxygens (including phenoxy) is 1. The molecular formula is C33H39N3O3. The number of benzene rings is 3. The van der Waals surface area contributed by atoms with E-state index < -0.39 is 6.10 Å². The van der Waals surface area contributed by atoms with Crippen LogP contribution in [0, 0.1) is 13.8 Å². The summed E-state index contributed by atoms with van der Waals surface area (Å²) >= 11 is 0. The first-order valence-electron chi connectivity index (χ1n) is 13.6. The molecule has 6 heteroatoms. The van der Waals surface area contributed by atoms with Crippen molar-refractivity contribution in [2.75, 3.05) is 7.05 Å². The average molecular weight is 526 g/mol. The highest BCUT2D eigenvalue weighted by Gasteiger charge is 2.17. The second kappa shape index (κ2) is 11.8. The highest BCUT2D eigenvalue weighted by molar-refractivity contribution is 5.99. The Bertz CT molecular complexity index is 1500. The lowest BCUT2D eigenvalue weighted by molar-refractivity contribution is -0.126. The monoisotopic (exact) mass is 525 g/mol. The molecule has 0 spiro atoms. The number of hydrogen-bond acceptors (Lipinski definition) is 3. The topological polar surface area (TPSA) is 72.4 Å². The molecule has 2 atom stereocenters. The molecule has 2 unspecified atom stereocenters. The van der Waals surface area contributed by atoms with Gasteiger partial charge < -0.3 is 19.9 Å². The van der Waals surface area contributed by atoms with Crippen molar-refractivity contribution in [3.05, 3.63) is 100 Å². The fraction of sp³-hybridized carbons (Fsp3) is 0.333. The zero-order chi connectivity index (χ0) is 28.3. The van der Waals surface area contributed by atoms with Crippen LogP contribution < -0.4 is 15.4 Å². The molecule has 204 valence electrons. The van der Waals surface area contributed by atoms with E-state index in [1.54, 1.807) is 14.0 Å². The van der Waals surface area contributed by atoms with Gasteiger partial charge in [-0.25, -0.2) is 0 Å². The molecule has 0 aliphatic rings. The molecule has 39 heavy (non-hydrogen) atoms. The minimum Gasteiger partial charge on any atom is -0.481 e.